The Balaban J connectivity index is 2.31. The molecule has 0 atom stereocenters. The molecule has 102 valence electrons. The van der Waals surface area contributed by atoms with Gasteiger partial charge in [-0.25, -0.2) is 0 Å². The molecule has 19 heavy (non-hydrogen) atoms. The third-order valence-corrected chi connectivity index (χ3v) is 3.80. The lowest BCUT2D eigenvalue weighted by Gasteiger charge is -2.32. The third-order valence-electron chi connectivity index (χ3n) is 3.80. The Bertz CT molecular complexity index is 514. The molecule has 1 saturated heterocycles. The summed E-state index contributed by atoms with van der Waals surface area (Å²) < 4.78 is 11.7. The van der Waals surface area contributed by atoms with Gasteiger partial charge >= 0.3 is 7.12 Å². The lowest BCUT2D eigenvalue weighted by atomic mass is 9.83. The zero-order chi connectivity index (χ0) is 14.4. The molecule has 0 aromatic carbocycles. The van der Waals surface area contributed by atoms with E-state index in [1.54, 1.807) is 13.0 Å². The third kappa shape index (κ3) is 2.35. The predicted octanol–water partition coefficient (Wildman–Crippen LogP) is 1.60. The minimum Gasteiger partial charge on any atom is -0.398 e. The van der Waals surface area contributed by atoms with E-state index in [0.717, 1.165) is 0 Å². The number of rotatable bonds is 2. The van der Waals surface area contributed by atoms with Crippen LogP contribution in [0, 0.1) is 17.0 Å². The first-order valence-corrected chi connectivity index (χ1v) is 6.10. The van der Waals surface area contributed by atoms with Gasteiger partial charge in [-0.1, -0.05) is 0 Å². The van der Waals surface area contributed by atoms with Crippen molar-refractivity contribution >= 4 is 18.4 Å². The fourth-order valence-electron chi connectivity index (χ4n) is 1.85. The largest absolute Gasteiger partial charge is 0.514 e. The number of aryl methyl sites for hydroxylation is 1. The summed E-state index contributed by atoms with van der Waals surface area (Å²) >= 11 is 0. The normalized spacial score (nSPS) is 20.6. The van der Waals surface area contributed by atoms with Crippen molar-refractivity contribution in [3.05, 3.63) is 27.9 Å². The molecule has 1 aliphatic heterocycles. The molecule has 1 aromatic rings. The molecule has 0 amide bonds. The van der Waals surface area contributed by atoms with Gasteiger partial charge < -0.3 is 9.31 Å². The highest BCUT2D eigenvalue weighted by molar-refractivity contribution is 6.61. The van der Waals surface area contributed by atoms with Crippen LogP contribution in [-0.4, -0.2) is 28.2 Å². The summed E-state index contributed by atoms with van der Waals surface area (Å²) in [6, 6.07) is 1.64. The predicted molar refractivity (Wildman–Crippen MR) is 71.3 cm³/mol. The van der Waals surface area contributed by atoms with Gasteiger partial charge in [0, 0.05) is 5.56 Å². The van der Waals surface area contributed by atoms with E-state index < -0.39 is 23.2 Å². The molecule has 0 spiro atoms. The van der Waals surface area contributed by atoms with Crippen LogP contribution >= 0.6 is 0 Å². The molecule has 1 aromatic heterocycles. The molecular weight excluding hydrogens is 247 g/mol. The van der Waals surface area contributed by atoms with Crippen molar-refractivity contribution in [2.75, 3.05) is 0 Å². The molecule has 6 nitrogen and oxygen atoms in total. The van der Waals surface area contributed by atoms with Crippen LogP contribution in [0.15, 0.2) is 12.3 Å². The first kappa shape index (κ1) is 14.0. The lowest BCUT2D eigenvalue weighted by Crippen LogP contribution is -2.41. The summed E-state index contributed by atoms with van der Waals surface area (Å²) in [5, 5.41) is 10.8. The van der Waals surface area contributed by atoms with E-state index in [9.17, 15) is 10.1 Å². The molecule has 0 N–H and O–H groups in total. The van der Waals surface area contributed by atoms with Crippen LogP contribution in [0.5, 0.6) is 0 Å². The van der Waals surface area contributed by atoms with E-state index in [4.69, 9.17) is 9.31 Å². The van der Waals surface area contributed by atoms with Crippen molar-refractivity contribution in [2.24, 2.45) is 0 Å². The van der Waals surface area contributed by atoms with Crippen LogP contribution in [0.25, 0.3) is 0 Å². The number of aromatic nitrogens is 1. The van der Waals surface area contributed by atoms with Gasteiger partial charge in [0.25, 0.3) is 5.69 Å². The number of nitro groups is 1. The number of pyridine rings is 1. The highest BCUT2D eigenvalue weighted by atomic mass is 16.7. The Hall–Kier alpha value is -1.47. The van der Waals surface area contributed by atoms with Gasteiger partial charge in [0.2, 0.25) is 0 Å². The van der Waals surface area contributed by atoms with Crippen molar-refractivity contribution < 1.29 is 14.2 Å². The SMILES string of the molecule is Cc1cc(B2OC(C)(C)C(C)(C)O2)ncc1[N+](=O)[O-]. The maximum atomic E-state index is 10.8. The van der Waals surface area contributed by atoms with E-state index in [1.165, 1.54) is 6.20 Å². The fraction of sp³-hybridized carbons (Fsp3) is 0.583. The van der Waals surface area contributed by atoms with Crippen LogP contribution in [0.4, 0.5) is 5.69 Å². The van der Waals surface area contributed by atoms with Crippen LogP contribution in [-0.2, 0) is 9.31 Å². The van der Waals surface area contributed by atoms with E-state index in [-0.39, 0.29) is 5.69 Å². The standard InChI is InChI=1S/C12H17BN2O4/c1-8-6-10(14-7-9(8)15(16)17)13-18-11(2,3)12(4,5)19-13/h6-7H,1-5H3. The van der Waals surface area contributed by atoms with Gasteiger partial charge in [-0.2, -0.15) is 0 Å². The van der Waals surface area contributed by atoms with Crippen molar-refractivity contribution in [1.82, 2.24) is 4.98 Å². The average Bonchev–Trinajstić information content (AvgIpc) is 2.47. The van der Waals surface area contributed by atoms with Gasteiger partial charge in [0.15, 0.2) is 0 Å². The zero-order valence-electron chi connectivity index (χ0n) is 11.8. The molecule has 0 bridgehead atoms. The molecule has 0 saturated carbocycles. The Kier molecular flexibility index (Phi) is 3.14. The topological polar surface area (TPSA) is 74.5 Å². The minimum absolute atomic E-state index is 0.000248. The molecule has 0 radical (unpaired) electrons. The molecule has 1 aliphatic rings. The highest BCUT2D eigenvalue weighted by Gasteiger charge is 2.52. The van der Waals surface area contributed by atoms with E-state index in [2.05, 4.69) is 4.98 Å². The smallest absolute Gasteiger partial charge is 0.398 e. The van der Waals surface area contributed by atoms with Crippen molar-refractivity contribution in [2.45, 2.75) is 45.8 Å². The number of nitrogens with zero attached hydrogens (tertiary/aromatic N) is 2. The van der Waals surface area contributed by atoms with E-state index in [0.29, 0.717) is 11.2 Å². The first-order chi connectivity index (χ1) is 8.64. The summed E-state index contributed by atoms with van der Waals surface area (Å²) in [6.07, 6.45) is 1.25. The number of hydrogen-bond donors (Lipinski definition) is 0. The zero-order valence-corrected chi connectivity index (χ0v) is 11.8. The van der Waals surface area contributed by atoms with Crippen LogP contribution < -0.4 is 5.59 Å². The Morgan fingerprint density at radius 3 is 2.21 bits per heavy atom. The fourth-order valence-corrected chi connectivity index (χ4v) is 1.85. The van der Waals surface area contributed by atoms with Crippen LogP contribution in [0.1, 0.15) is 33.3 Å². The van der Waals surface area contributed by atoms with Gasteiger partial charge in [0.05, 0.1) is 21.7 Å². The first-order valence-electron chi connectivity index (χ1n) is 6.10. The lowest BCUT2D eigenvalue weighted by molar-refractivity contribution is -0.385. The Morgan fingerprint density at radius 1 is 1.26 bits per heavy atom. The second-order valence-corrected chi connectivity index (χ2v) is 5.74. The molecule has 2 rings (SSSR count). The van der Waals surface area contributed by atoms with Crippen molar-refractivity contribution in [3.63, 3.8) is 0 Å². The van der Waals surface area contributed by atoms with Gasteiger partial charge in [-0.05, 0) is 40.7 Å². The molecule has 0 aliphatic carbocycles. The Morgan fingerprint density at radius 2 is 1.79 bits per heavy atom. The molecule has 2 heterocycles. The maximum Gasteiger partial charge on any atom is 0.514 e. The van der Waals surface area contributed by atoms with Crippen LogP contribution in [0.3, 0.4) is 0 Å². The molecule has 7 heteroatoms. The Labute approximate surface area is 112 Å². The molecule has 0 unspecified atom stereocenters. The molecule has 1 fully saturated rings. The summed E-state index contributed by atoms with van der Waals surface area (Å²) in [5.41, 5.74) is 0.205. The monoisotopic (exact) mass is 264 g/mol. The summed E-state index contributed by atoms with van der Waals surface area (Å²) in [7, 11) is -0.593. The second-order valence-electron chi connectivity index (χ2n) is 5.74. The second kappa shape index (κ2) is 4.28. The van der Waals surface area contributed by atoms with Crippen molar-refractivity contribution in [3.8, 4) is 0 Å². The minimum atomic E-state index is -0.593. The van der Waals surface area contributed by atoms with Gasteiger partial charge in [-0.15, -0.1) is 0 Å². The van der Waals surface area contributed by atoms with Gasteiger partial charge in [0.1, 0.15) is 6.20 Å². The summed E-state index contributed by atoms with van der Waals surface area (Å²) in [5.74, 6) is 0. The van der Waals surface area contributed by atoms with Crippen LogP contribution in [0.2, 0.25) is 0 Å². The maximum absolute atomic E-state index is 10.8. The molecular formula is C12H17BN2O4. The van der Waals surface area contributed by atoms with E-state index in [1.807, 2.05) is 27.7 Å². The highest BCUT2D eigenvalue weighted by Crippen LogP contribution is 2.36. The van der Waals surface area contributed by atoms with E-state index >= 15 is 0 Å². The van der Waals surface area contributed by atoms with Crippen molar-refractivity contribution in [1.29, 1.82) is 0 Å². The summed E-state index contributed by atoms with van der Waals surface area (Å²) in [4.78, 5) is 14.4. The summed E-state index contributed by atoms with van der Waals surface area (Å²) in [6.45, 7) is 9.47. The number of hydrogen-bond acceptors (Lipinski definition) is 5. The average molecular weight is 264 g/mol. The van der Waals surface area contributed by atoms with Gasteiger partial charge in [-0.3, -0.25) is 15.1 Å². The quantitative estimate of drug-likeness (QED) is 0.460.